The van der Waals surface area contributed by atoms with Crippen LogP contribution in [-0.2, 0) is 9.59 Å². The average molecular weight is 157 g/mol. The van der Waals surface area contributed by atoms with Gasteiger partial charge < -0.3 is 16.4 Å². The van der Waals surface area contributed by atoms with Crippen LogP contribution in [0.4, 0.5) is 0 Å². The number of carbonyl (C=O) groups excluding carboxylic acids is 2. The summed E-state index contributed by atoms with van der Waals surface area (Å²) in [6.45, 7) is 1.43. The summed E-state index contributed by atoms with van der Waals surface area (Å²) in [6, 6.07) is 0. The van der Waals surface area contributed by atoms with E-state index in [0.29, 0.717) is 19.6 Å². The van der Waals surface area contributed by atoms with Crippen LogP contribution in [0.1, 0.15) is 0 Å². The molecule has 5 heteroatoms. The fourth-order valence-electron chi connectivity index (χ4n) is 0.873. The largest absolute Gasteiger partial charge is 0.347 e. The van der Waals surface area contributed by atoms with Crippen molar-refractivity contribution in [3.05, 3.63) is 0 Å². The predicted molar refractivity (Wildman–Crippen MR) is 38.6 cm³/mol. The number of amides is 2. The van der Waals surface area contributed by atoms with Gasteiger partial charge in [-0.15, -0.1) is 0 Å². The van der Waals surface area contributed by atoms with Crippen LogP contribution in [0.15, 0.2) is 0 Å². The third-order valence-corrected chi connectivity index (χ3v) is 1.64. The van der Waals surface area contributed by atoms with Gasteiger partial charge in [0.05, 0.1) is 0 Å². The van der Waals surface area contributed by atoms with Gasteiger partial charge in [-0.3, -0.25) is 9.59 Å². The third kappa shape index (κ3) is 1.91. The molecule has 62 valence electrons. The SMILES string of the molecule is NCC1CNC(=O)C(=O)NC1. The lowest BCUT2D eigenvalue weighted by Gasteiger charge is -2.08. The zero-order valence-electron chi connectivity index (χ0n) is 6.09. The van der Waals surface area contributed by atoms with Crippen LogP contribution in [0.2, 0.25) is 0 Å². The molecule has 2 amide bonds. The molecule has 1 fully saturated rings. The summed E-state index contributed by atoms with van der Waals surface area (Å²) in [5, 5.41) is 4.93. The summed E-state index contributed by atoms with van der Waals surface area (Å²) in [4.78, 5) is 21.4. The lowest BCUT2D eigenvalue weighted by atomic mass is 10.1. The van der Waals surface area contributed by atoms with E-state index >= 15 is 0 Å². The second kappa shape index (κ2) is 3.34. The zero-order chi connectivity index (χ0) is 8.27. The standard InChI is InChI=1S/C6H11N3O2/c7-1-4-2-8-5(10)6(11)9-3-4/h4H,1-3,7H2,(H,8,10)(H,9,11). The smallest absolute Gasteiger partial charge is 0.309 e. The summed E-state index contributed by atoms with van der Waals surface area (Å²) in [5.74, 6) is -0.979. The summed E-state index contributed by atoms with van der Waals surface area (Å²) in [6.07, 6.45) is 0. The van der Waals surface area contributed by atoms with Crippen LogP contribution in [0.25, 0.3) is 0 Å². The Morgan fingerprint density at radius 1 is 1.27 bits per heavy atom. The van der Waals surface area contributed by atoms with E-state index in [4.69, 9.17) is 5.73 Å². The van der Waals surface area contributed by atoms with Gasteiger partial charge in [-0.2, -0.15) is 0 Å². The highest BCUT2D eigenvalue weighted by atomic mass is 16.2. The molecule has 1 aliphatic heterocycles. The van der Waals surface area contributed by atoms with Crippen LogP contribution in [0.3, 0.4) is 0 Å². The molecule has 0 aromatic carbocycles. The molecular formula is C6H11N3O2. The van der Waals surface area contributed by atoms with Gasteiger partial charge in [0.15, 0.2) is 0 Å². The van der Waals surface area contributed by atoms with Crippen LogP contribution >= 0.6 is 0 Å². The van der Waals surface area contributed by atoms with Crippen molar-refractivity contribution in [1.29, 1.82) is 0 Å². The minimum atomic E-state index is -0.569. The van der Waals surface area contributed by atoms with E-state index < -0.39 is 11.8 Å². The van der Waals surface area contributed by atoms with Crippen LogP contribution in [0.5, 0.6) is 0 Å². The fourth-order valence-corrected chi connectivity index (χ4v) is 0.873. The Morgan fingerprint density at radius 3 is 2.09 bits per heavy atom. The van der Waals surface area contributed by atoms with E-state index in [9.17, 15) is 9.59 Å². The second-order valence-electron chi connectivity index (χ2n) is 2.52. The molecule has 4 N–H and O–H groups in total. The summed E-state index contributed by atoms with van der Waals surface area (Å²) in [5.41, 5.74) is 5.36. The minimum Gasteiger partial charge on any atom is -0.347 e. The van der Waals surface area contributed by atoms with E-state index in [1.165, 1.54) is 0 Å². The molecule has 1 heterocycles. The van der Waals surface area contributed by atoms with E-state index in [1.807, 2.05) is 0 Å². The number of nitrogens with one attached hydrogen (secondary N) is 2. The molecule has 0 bridgehead atoms. The van der Waals surface area contributed by atoms with Gasteiger partial charge in [-0.1, -0.05) is 0 Å². The normalized spacial score (nSPS) is 20.5. The Kier molecular flexibility index (Phi) is 2.43. The molecule has 1 saturated heterocycles. The fraction of sp³-hybridized carbons (Fsp3) is 0.667. The first-order valence-electron chi connectivity index (χ1n) is 3.50. The Bertz CT molecular complexity index is 163. The van der Waals surface area contributed by atoms with Crippen molar-refractivity contribution in [2.45, 2.75) is 0 Å². The quantitative estimate of drug-likeness (QED) is 0.378. The highest BCUT2D eigenvalue weighted by Gasteiger charge is 2.20. The second-order valence-corrected chi connectivity index (χ2v) is 2.52. The maximum Gasteiger partial charge on any atom is 0.309 e. The maximum atomic E-state index is 10.7. The molecule has 5 nitrogen and oxygen atoms in total. The molecule has 0 atom stereocenters. The van der Waals surface area contributed by atoms with Gasteiger partial charge in [0.2, 0.25) is 0 Å². The van der Waals surface area contributed by atoms with Gasteiger partial charge in [0, 0.05) is 19.0 Å². The van der Waals surface area contributed by atoms with Gasteiger partial charge in [-0.05, 0) is 6.54 Å². The Morgan fingerprint density at radius 2 is 1.73 bits per heavy atom. The van der Waals surface area contributed by atoms with Crippen molar-refractivity contribution in [3.63, 3.8) is 0 Å². The topological polar surface area (TPSA) is 84.2 Å². The number of nitrogens with two attached hydrogens (primary N) is 1. The molecule has 0 aliphatic carbocycles. The van der Waals surface area contributed by atoms with Gasteiger partial charge in [-0.25, -0.2) is 0 Å². The Hall–Kier alpha value is -1.10. The first-order chi connectivity index (χ1) is 5.24. The van der Waals surface area contributed by atoms with Crippen LogP contribution in [0, 0.1) is 5.92 Å². The van der Waals surface area contributed by atoms with Crippen molar-refractivity contribution < 1.29 is 9.59 Å². The Balaban J connectivity index is 2.51. The monoisotopic (exact) mass is 157 g/mol. The highest BCUT2D eigenvalue weighted by molar-refractivity contribution is 6.35. The van der Waals surface area contributed by atoms with E-state index in [-0.39, 0.29) is 5.92 Å². The Labute approximate surface area is 64.3 Å². The number of carbonyl (C=O) groups is 2. The molecule has 1 aliphatic rings. The lowest BCUT2D eigenvalue weighted by Crippen LogP contribution is -2.35. The molecule has 11 heavy (non-hydrogen) atoms. The first kappa shape index (κ1) is 8.00. The lowest BCUT2D eigenvalue weighted by molar-refractivity contribution is -0.138. The molecular weight excluding hydrogens is 146 g/mol. The average Bonchev–Trinajstić information content (AvgIpc) is 2.16. The maximum absolute atomic E-state index is 10.7. The number of hydrogen-bond acceptors (Lipinski definition) is 3. The minimum absolute atomic E-state index is 0.158. The molecule has 0 saturated carbocycles. The van der Waals surface area contributed by atoms with Crippen molar-refractivity contribution >= 4 is 11.8 Å². The molecule has 0 aromatic heterocycles. The van der Waals surface area contributed by atoms with Gasteiger partial charge in [0.1, 0.15) is 0 Å². The zero-order valence-corrected chi connectivity index (χ0v) is 6.09. The van der Waals surface area contributed by atoms with E-state index in [0.717, 1.165) is 0 Å². The van der Waals surface area contributed by atoms with Crippen molar-refractivity contribution in [2.75, 3.05) is 19.6 Å². The molecule has 0 unspecified atom stereocenters. The molecule has 1 rings (SSSR count). The van der Waals surface area contributed by atoms with Crippen molar-refractivity contribution in [3.8, 4) is 0 Å². The van der Waals surface area contributed by atoms with Crippen molar-refractivity contribution in [1.82, 2.24) is 10.6 Å². The predicted octanol–water partition coefficient (Wildman–Crippen LogP) is -2.19. The van der Waals surface area contributed by atoms with Crippen molar-refractivity contribution in [2.24, 2.45) is 11.7 Å². The summed E-state index contributed by atoms with van der Waals surface area (Å²) >= 11 is 0. The van der Waals surface area contributed by atoms with Gasteiger partial charge in [0.25, 0.3) is 0 Å². The highest BCUT2D eigenvalue weighted by Crippen LogP contribution is 1.92. The van der Waals surface area contributed by atoms with E-state index in [1.54, 1.807) is 0 Å². The first-order valence-corrected chi connectivity index (χ1v) is 3.50. The molecule has 0 aromatic rings. The van der Waals surface area contributed by atoms with Crippen LogP contribution in [-0.4, -0.2) is 31.4 Å². The van der Waals surface area contributed by atoms with E-state index in [2.05, 4.69) is 10.6 Å². The molecule has 0 radical (unpaired) electrons. The molecule has 0 spiro atoms. The number of rotatable bonds is 1. The summed E-state index contributed by atoms with van der Waals surface area (Å²) < 4.78 is 0. The third-order valence-electron chi connectivity index (χ3n) is 1.64. The summed E-state index contributed by atoms with van der Waals surface area (Å²) in [7, 11) is 0. The van der Waals surface area contributed by atoms with Crippen LogP contribution < -0.4 is 16.4 Å². The van der Waals surface area contributed by atoms with Gasteiger partial charge >= 0.3 is 11.8 Å². The number of hydrogen-bond donors (Lipinski definition) is 3.